The summed E-state index contributed by atoms with van der Waals surface area (Å²) >= 11 is 0. The Morgan fingerprint density at radius 2 is 2.06 bits per heavy atom. The van der Waals surface area contributed by atoms with E-state index in [1.165, 1.54) is 0 Å². The zero-order valence-electron chi connectivity index (χ0n) is 8.72. The molecule has 0 bridgehead atoms. The molecule has 3 nitrogen and oxygen atoms in total. The Kier molecular flexibility index (Phi) is 2.86. The fourth-order valence-electron chi connectivity index (χ4n) is 1.88. The lowest BCUT2D eigenvalue weighted by Crippen LogP contribution is -2.18. The van der Waals surface area contributed by atoms with Gasteiger partial charge in [0.25, 0.3) is 0 Å². The monoisotopic (exact) mass is 216 g/mol. The highest BCUT2D eigenvalue weighted by Gasteiger charge is 2.23. The van der Waals surface area contributed by atoms with Crippen molar-refractivity contribution >= 4 is 17.8 Å². The summed E-state index contributed by atoms with van der Waals surface area (Å²) in [6.07, 6.45) is 4.10. The van der Waals surface area contributed by atoms with Crippen molar-refractivity contribution in [3.05, 3.63) is 41.5 Å². The molecule has 1 aromatic rings. The van der Waals surface area contributed by atoms with Gasteiger partial charge in [0.15, 0.2) is 5.78 Å². The Balaban J connectivity index is 2.18. The van der Waals surface area contributed by atoms with Crippen LogP contribution in [0.5, 0.6) is 0 Å². The minimum absolute atomic E-state index is 0.0272. The molecular formula is C13H12O3. The number of carbonyl (C=O) groups is 2. The highest BCUT2D eigenvalue weighted by atomic mass is 16.4. The smallest absolute Gasteiger partial charge is 0.303 e. The highest BCUT2D eigenvalue weighted by molar-refractivity contribution is 6.04. The Hall–Kier alpha value is -1.90. The van der Waals surface area contributed by atoms with Crippen molar-refractivity contribution in [3.63, 3.8) is 0 Å². The topological polar surface area (TPSA) is 54.4 Å². The van der Waals surface area contributed by atoms with Gasteiger partial charge in [0, 0.05) is 17.9 Å². The molecule has 16 heavy (non-hydrogen) atoms. The van der Waals surface area contributed by atoms with Gasteiger partial charge < -0.3 is 5.11 Å². The van der Waals surface area contributed by atoms with Crippen LogP contribution in [0.1, 0.15) is 28.8 Å². The first-order valence-electron chi connectivity index (χ1n) is 5.22. The van der Waals surface area contributed by atoms with Gasteiger partial charge in [-0.3, -0.25) is 9.59 Å². The van der Waals surface area contributed by atoms with E-state index in [1.807, 2.05) is 24.3 Å². The minimum Gasteiger partial charge on any atom is -0.481 e. The molecule has 0 aromatic heterocycles. The fraction of sp³-hybridized carbons (Fsp3) is 0.231. The SMILES string of the molecule is O=C(O)CC[C@H]1C=Cc2ccccc2C1=O. The zero-order chi connectivity index (χ0) is 11.5. The van der Waals surface area contributed by atoms with Crippen molar-refractivity contribution < 1.29 is 14.7 Å². The third-order valence-electron chi connectivity index (χ3n) is 2.74. The third kappa shape index (κ3) is 2.03. The number of benzene rings is 1. The van der Waals surface area contributed by atoms with E-state index in [9.17, 15) is 9.59 Å². The van der Waals surface area contributed by atoms with Gasteiger partial charge in [-0.05, 0) is 12.0 Å². The molecule has 1 aliphatic carbocycles. The van der Waals surface area contributed by atoms with E-state index in [0.29, 0.717) is 12.0 Å². The number of carbonyl (C=O) groups excluding carboxylic acids is 1. The van der Waals surface area contributed by atoms with Crippen LogP contribution in [-0.4, -0.2) is 16.9 Å². The number of rotatable bonds is 3. The molecule has 2 rings (SSSR count). The number of ketones is 1. The maximum Gasteiger partial charge on any atom is 0.303 e. The lowest BCUT2D eigenvalue weighted by molar-refractivity contribution is -0.137. The summed E-state index contributed by atoms with van der Waals surface area (Å²) in [6, 6.07) is 7.38. The van der Waals surface area contributed by atoms with Gasteiger partial charge in [-0.25, -0.2) is 0 Å². The van der Waals surface area contributed by atoms with Gasteiger partial charge in [0.1, 0.15) is 0 Å². The number of hydrogen-bond acceptors (Lipinski definition) is 2. The molecule has 0 radical (unpaired) electrons. The van der Waals surface area contributed by atoms with Gasteiger partial charge >= 0.3 is 5.97 Å². The van der Waals surface area contributed by atoms with Crippen LogP contribution in [0.3, 0.4) is 0 Å². The van der Waals surface area contributed by atoms with Gasteiger partial charge in [0.05, 0.1) is 0 Å². The maximum absolute atomic E-state index is 12.0. The van der Waals surface area contributed by atoms with E-state index in [2.05, 4.69) is 0 Å². The van der Waals surface area contributed by atoms with Crippen LogP contribution in [0.25, 0.3) is 6.08 Å². The molecule has 0 heterocycles. The number of carboxylic acids is 1. The standard InChI is InChI=1S/C13H12O3/c14-12(15)8-7-10-6-5-9-3-1-2-4-11(9)13(10)16/h1-6,10H,7-8H2,(H,14,15)/t10-/m1/s1. The molecule has 0 unspecified atom stereocenters. The normalized spacial score (nSPS) is 18.2. The summed E-state index contributed by atoms with van der Waals surface area (Å²) in [5.74, 6) is -1.12. The molecule has 1 N–H and O–H groups in total. The van der Waals surface area contributed by atoms with E-state index < -0.39 is 5.97 Å². The molecule has 0 spiro atoms. The predicted octanol–water partition coefficient (Wildman–Crippen LogP) is 2.38. The van der Waals surface area contributed by atoms with Crippen molar-refractivity contribution in [1.29, 1.82) is 0 Å². The lowest BCUT2D eigenvalue weighted by Gasteiger charge is -2.17. The summed E-state index contributed by atoms with van der Waals surface area (Å²) in [5.41, 5.74) is 1.61. The number of allylic oxidation sites excluding steroid dienone is 1. The molecule has 0 aliphatic heterocycles. The van der Waals surface area contributed by atoms with Gasteiger partial charge in [-0.15, -0.1) is 0 Å². The third-order valence-corrected chi connectivity index (χ3v) is 2.74. The Morgan fingerprint density at radius 3 is 2.81 bits per heavy atom. The minimum atomic E-state index is -0.861. The van der Waals surface area contributed by atoms with Crippen LogP contribution in [0.15, 0.2) is 30.3 Å². The van der Waals surface area contributed by atoms with Crippen molar-refractivity contribution in [1.82, 2.24) is 0 Å². The summed E-state index contributed by atoms with van der Waals surface area (Å²) in [4.78, 5) is 22.4. The van der Waals surface area contributed by atoms with Gasteiger partial charge in [-0.1, -0.05) is 36.4 Å². The van der Waals surface area contributed by atoms with E-state index in [1.54, 1.807) is 12.1 Å². The second-order valence-electron chi connectivity index (χ2n) is 3.85. The van der Waals surface area contributed by atoms with Crippen LogP contribution >= 0.6 is 0 Å². The van der Waals surface area contributed by atoms with Crippen molar-refractivity contribution in [2.45, 2.75) is 12.8 Å². The summed E-state index contributed by atoms with van der Waals surface area (Å²) in [6.45, 7) is 0. The average Bonchev–Trinajstić information content (AvgIpc) is 2.28. The molecule has 3 heteroatoms. The lowest BCUT2D eigenvalue weighted by atomic mass is 9.86. The Labute approximate surface area is 93.4 Å². The highest BCUT2D eigenvalue weighted by Crippen LogP contribution is 2.25. The van der Waals surface area contributed by atoms with Gasteiger partial charge in [-0.2, -0.15) is 0 Å². The van der Waals surface area contributed by atoms with E-state index in [-0.39, 0.29) is 18.1 Å². The largest absolute Gasteiger partial charge is 0.481 e. The molecule has 0 amide bonds. The number of fused-ring (bicyclic) bond motifs is 1. The average molecular weight is 216 g/mol. The molecule has 1 atom stereocenters. The quantitative estimate of drug-likeness (QED) is 0.843. The van der Waals surface area contributed by atoms with Crippen molar-refractivity contribution in [3.8, 4) is 0 Å². The van der Waals surface area contributed by atoms with Crippen molar-refractivity contribution in [2.75, 3.05) is 0 Å². The van der Waals surface area contributed by atoms with E-state index in [0.717, 1.165) is 5.56 Å². The summed E-state index contributed by atoms with van der Waals surface area (Å²) in [7, 11) is 0. The Bertz CT molecular complexity index is 460. The number of Topliss-reactive ketones (excluding diaryl/α,β-unsaturated/α-hetero) is 1. The molecule has 1 aliphatic rings. The van der Waals surface area contributed by atoms with Crippen LogP contribution in [0.4, 0.5) is 0 Å². The maximum atomic E-state index is 12.0. The van der Waals surface area contributed by atoms with Crippen LogP contribution in [0, 0.1) is 5.92 Å². The molecular weight excluding hydrogens is 204 g/mol. The first kappa shape index (κ1) is 10.6. The van der Waals surface area contributed by atoms with Gasteiger partial charge in [0.2, 0.25) is 0 Å². The van der Waals surface area contributed by atoms with Crippen LogP contribution in [-0.2, 0) is 4.79 Å². The first-order chi connectivity index (χ1) is 7.68. The molecule has 0 saturated carbocycles. The number of carboxylic acid groups (broad SMARTS) is 1. The molecule has 82 valence electrons. The number of aliphatic carboxylic acids is 1. The number of hydrogen-bond donors (Lipinski definition) is 1. The Morgan fingerprint density at radius 1 is 1.31 bits per heavy atom. The second kappa shape index (κ2) is 4.31. The molecule has 0 fully saturated rings. The molecule has 1 aromatic carbocycles. The zero-order valence-corrected chi connectivity index (χ0v) is 8.72. The summed E-state index contributed by atoms with van der Waals surface area (Å²) in [5, 5.41) is 8.59. The second-order valence-corrected chi connectivity index (χ2v) is 3.85. The van der Waals surface area contributed by atoms with E-state index >= 15 is 0 Å². The summed E-state index contributed by atoms with van der Waals surface area (Å²) < 4.78 is 0. The van der Waals surface area contributed by atoms with Crippen LogP contribution in [0.2, 0.25) is 0 Å². The molecule has 0 saturated heterocycles. The fourth-order valence-corrected chi connectivity index (χ4v) is 1.88. The predicted molar refractivity (Wildman–Crippen MR) is 60.2 cm³/mol. The van der Waals surface area contributed by atoms with Crippen LogP contribution < -0.4 is 0 Å². The van der Waals surface area contributed by atoms with Crippen molar-refractivity contribution in [2.24, 2.45) is 5.92 Å². The first-order valence-corrected chi connectivity index (χ1v) is 5.22. The van der Waals surface area contributed by atoms with E-state index in [4.69, 9.17) is 5.11 Å².